The number of methoxy groups -OCH3 is 1. The van der Waals surface area contributed by atoms with E-state index in [1.807, 2.05) is 0 Å². The summed E-state index contributed by atoms with van der Waals surface area (Å²) in [4.78, 5) is 39.5. The van der Waals surface area contributed by atoms with Crippen LogP contribution in [0, 0.1) is 17.0 Å². The van der Waals surface area contributed by atoms with Gasteiger partial charge in [0.2, 0.25) is 11.8 Å². The summed E-state index contributed by atoms with van der Waals surface area (Å²) in [5.41, 5.74) is 0.307. The normalized spacial score (nSPS) is 14.0. The molecule has 1 fully saturated rings. The molecule has 0 spiro atoms. The summed E-state index contributed by atoms with van der Waals surface area (Å²) in [6.07, 6.45) is 3.61. The summed E-state index contributed by atoms with van der Waals surface area (Å²) in [5.74, 6) is -1.07. The van der Waals surface area contributed by atoms with E-state index in [4.69, 9.17) is 39.5 Å². The average molecular weight is 712 g/mol. The molecule has 46 heavy (non-hydrogen) atoms. The number of rotatable bonds is 12. The molecule has 1 aliphatic rings. The Balaban J connectivity index is 1.79. The van der Waals surface area contributed by atoms with Crippen molar-refractivity contribution < 1.29 is 27.7 Å². The lowest BCUT2D eigenvalue weighted by Gasteiger charge is -2.33. The van der Waals surface area contributed by atoms with Crippen LogP contribution < -0.4 is 14.4 Å². The lowest BCUT2D eigenvalue weighted by Crippen LogP contribution is -2.52. The van der Waals surface area contributed by atoms with E-state index in [9.17, 15) is 28.1 Å². The summed E-state index contributed by atoms with van der Waals surface area (Å²) in [6, 6.07) is 11.4. The second-order valence-electron chi connectivity index (χ2n) is 11.0. The SMILES string of the molecule is COc1ccc(Cl)cc1N(CC(=O)N(Cc1ccc(Cl)c(Cl)c1)[C@@H](C)C(=O)NC1CCCC1)S(=O)(=O)c1ccc(C)c([N+](=O)[O-])c1. The first kappa shape index (κ1) is 35.3. The minimum Gasteiger partial charge on any atom is -0.495 e. The minimum absolute atomic E-state index is 0.0261. The van der Waals surface area contributed by atoms with Gasteiger partial charge in [-0.05, 0) is 68.7 Å². The lowest BCUT2D eigenvalue weighted by molar-refractivity contribution is -0.385. The first-order valence-corrected chi connectivity index (χ1v) is 17.0. The molecular weight excluding hydrogens is 679 g/mol. The number of hydrogen-bond donors (Lipinski definition) is 1. The third kappa shape index (κ3) is 8.03. The zero-order chi connectivity index (χ0) is 33.8. The summed E-state index contributed by atoms with van der Waals surface area (Å²) in [7, 11) is -3.33. The summed E-state index contributed by atoms with van der Waals surface area (Å²) >= 11 is 18.6. The Hall–Kier alpha value is -3.58. The van der Waals surface area contributed by atoms with Crippen molar-refractivity contribution >= 4 is 68.0 Å². The first-order chi connectivity index (χ1) is 21.7. The topological polar surface area (TPSA) is 139 Å². The van der Waals surface area contributed by atoms with Crippen molar-refractivity contribution in [3.63, 3.8) is 0 Å². The molecule has 1 aliphatic carbocycles. The number of nitro benzene ring substituents is 1. The molecule has 0 heterocycles. The van der Waals surface area contributed by atoms with Crippen molar-refractivity contribution in [2.75, 3.05) is 18.0 Å². The zero-order valence-electron chi connectivity index (χ0n) is 25.3. The Morgan fingerprint density at radius 3 is 2.37 bits per heavy atom. The van der Waals surface area contributed by atoms with Gasteiger partial charge in [-0.25, -0.2) is 8.42 Å². The van der Waals surface area contributed by atoms with Gasteiger partial charge >= 0.3 is 0 Å². The molecule has 0 unspecified atom stereocenters. The molecule has 0 aromatic heterocycles. The number of carbonyl (C=O) groups is 2. The smallest absolute Gasteiger partial charge is 0.273 e. The quantitative estimate of drug-likeness (QED) is 0.166. The second kappa shape index (κ2) is 14.9. The molecule has 246 valence electrons. The molecule has 1 atom stereocenters. The number of carbonyl (C=O) groups excluding carboxylic acids is 2. The molecule has 11 nitrogen and oxygen atoms in total. The van der Waals surface area contributed by atoms with Crippen LogP contribution in [0.3, 0.4) is 0 Å². The molecule has 3 aromatic carbocycles. The number of ether oxygens (including phenoxy) is 1. The largest absolute Gasteiger partial charge is 0.495 e. The second-order valence-corrected chi connectivity index (χ2v) is 14.1. The molecule has 0 saturated heterocycles. The van der Waals surface area contributed by atoms with Crippen LogP contribution in [0.5, 0.6) is 5.75 Å². The number of hydrogen-bond acceptors (Lipinski definition) is 7. The van der Waals surface area contributed by atoms with Gasteiger partial charge in [0.25, 0.3) is 15.7 Å². The Bertz CT molecular complexity index is 1750. The standard InChI is InChI=1S/C31H33Cl3N4O7S/c1-19-8-11-24(16-27(19)38(41)42)46(43,44)37(28-15-22(32)10-13-29(28)45-3)18-30(39)36(17-21-9-12-25(33)26(34)14-21)20(2)31(40)35-23-6-4-5-7-23/h8-16,20,23H,4-7,17-18H2,1-3H3,(H,35,40)/t20-/m0/s1. The average Bonchev–Trinajstić information content (AvgIpc) is 3.52. The van der Waals surface area contributed by atoms with E-state index in [2.05, 4.69) is 5.32 Å². The van der Waals surface area contributed by atoms with E-state index in [1.54, 1.807) is 25.1 Å². The number of aryl methyl sites for hydroxylation is 1. The van der Waals surface area contributed by atoms with Crippen LogP contribution in [0.2, 0.25) is 15.1 Å². The summed E-state index contributed by atoms with van der Waals surface area (Å²) in [6.45, 7) is 2.13. The molecule has 1 saturated carbocycles. The van der Waals surface area contributed by atoms with Gasteiger partial charge in [-0.3, -0.25) is 24.0 Å². The summed E-state index contributed by atoms with van der Waals surface area (Å²) in [5, 5.41) is 15.4. The highest BCUT2D eigenvalue weighted by molar-refractivity contribution is 7.92. The van der Waals surface area contributed by atoms with Crippen molar-refractivity contribution in [2.45, 2.75) is 63.1 Å². The number of nitrogens with one attached hydrogen (secondary N) is 1. The molecule has 4 rings (SSSR count). The maximum atomic E-state index is 14.3. The van der Waals surface area contributed by atoms with E-state index in [1.165, 1.54) is 49.3 Å². The van der Waals surface area contributed by atoms with Gasteiger partial charge in [-0.2, -0.15) is 0 Å². The molecule has 0 radical (unpaired) electrons. The number of halogens is 3. The Morgan fingerprint density at radius 2 is 1.74 bits per heavy atom. The van der Waals surface area contributed by atoms with E-state index >= 15 is 0 Å². The van der Waals surface area contributed by atoms with Gasteiger partial charge in [-0.15, -0.1) is 0 Å². The molecule has 2 amide bonds. The monoisotopic (exact) mass is 710 g/mol. The third-order valence-electron chi connectivity index (χ3n) is 7.86. The van der Waals surface area contributed by atoms with Gasteiger partial charge in [0.1, 0.15) is 18.3 Å². The van der Waals surface area contributed by atoms with Gasteiger partial charge in [0.15, 0.2) is 0 Å². The number of anilines is 1. The maximum Gasteiger partial charge on any atom is 0.273 e. The predicted molar refractivity (Wildman–Crippen MR) is 177 cm³/mol. The van der Waals surface area contributed by atoms with Crippen LogP contribution in [-0.2, 0) is 26.2 Å². The third-order valence-corrected chi connectivity index (χ3v) is 10.6. The maximum absolute atomic E-state index is 14.3. The van der Waals surface area contributed by atoms with Gasteiger partial charge in [-0.1, -0.05) is 59.8 Å². The van der Waals surface area contributed by atoms with E-state index in [0.29, 0.717) is 10.6 Å². The van der Waals surface area contributed by atoms with Crippen LogP contribution >= 0.6 is 34.8 Å². The highest BCUT2D eigenvalue weighted by Crippen LogP contribution is 2.36. The molecule has 0 aliphatic heterocycles. The van der Waals surface area contributed by atoms with Crippen LogP contribution in [0.1, 0.15) is 43.7 Å². The van der Waals surface area contributed by atoms with Gasteiger partial charge in [0.05, 0.1) is 32.7 Å². The van der Waals surface area contributed by atoms with Crippen LogP contribution in [-0.4, -0.2) is 55.8 Å². The Labute approximate surface area is 282 Å². The van der Waals surface area contributed by atoms with Crippen LogP contribution in [0.15, 0.2) is 59.5 Å². The van der Waals surface area contributed by atoms with Gasteiger partial charge < -0.3 is 15.0 Å². The predicted octanol–water partition coefficient (Wildman–Crippen LogP) is 6.54. The van der Waals surface area contributed by atoms with Crippen LogP contribution in [0.4, 0.5) is 11.4 Å². The van der Waals surface area contributed by atoms with Crippen LogP contribution in [0.25, 0.3) is 0 Å². The molecular formula is C31H33Cl3N4O7S. The fraction of sp³-hybridized carbons (Fsp3) is 0.355. The molecule has 0 bridgehead atoms. The van der Waals surface area contributed by atoms with Crippen molar-refractivity contribution in [1.29, 1.82) is 0 Å². The molecule has 15 heteroatoms. The zero-order valence-corrected chi connectivity index (χ0v) is 28.4. The highest BCUT2D eigenvalue weighted by Gasteiger charge is 2.35. The molecule has 1 N–H and O–H groups in total. The number of amides is 2. The fourth-order valence-electron chi connectivity index (χ4n) is 5.25. The van der Waals surface area contributed by atoms with Crippen molar-refractivity contribution in [3.05, 3.63) is 90.9 Å². The van der Waals surface area contributed by atoms with E-state index in [-0.39, 0.29) is 39.6 Å². The molecule has 3 aromatic rings. The minimum atomic E-state index is -4.65. The Kier molecular flexibility index (Phi) is 11.4. The lowest BCUT2D eigenvalue weighted by atomic mass is 10.1. The first-order valence-electron chi connectivity index (χ1n) is 14.4. The highest BCUT2D eigenvalue weighted by atomic mass is 35.5. The fourth-order valence-corrected chi connectivity index (χ4v) is 7.18. The van der Waals surface area contributed by atoms with Crippen molar-refractivity contribution in [3.8, 4) is 5.75 Å². The number of sulfonamides is 1. The Morgan fingerprint density at radius 1 is 1.04 bits per heavy atom. The summed E-state index contributed by atoms with van der Waals surface area (Å²) < 4.78 is 34.7. The number of nitro groups is 1. The van der Waals surface area contributed by atoms with E-state index in [0.717, 1.165) is 36.1 Å². The van der Waals surface area contributed by atoms with Crippen molar-refractivity contribution in [2.24, 2.45) is 0 Å². The van der Waals surface area contributed by atoms with Crippen molar-refractivity contribution in [1.82, 2.24) is 10.2 Å². The van der Waals surface area contributed by atoms with E-state index < -0.39 is 49.9 Å². The number of benzene rings is 3. The number of nitrogens with zero attached hydrogens (tertiary/aromatic N) is 3. The van der Waals surface area contributed by atoms with Gasteiger partial charge in [0, 0.05) is 29.2 Å².